The molecule has 0 radical (unpaired) electrons. The summed E-state index contributed by atoms with van der Waals surface area (Å²) in [4.78, 5) is 14.1. The van der Waals surface area contributed by atoms with E-state index in [4.69, 9.17) is 10.4 Å². The molecule has 0 fully saturated rings. The summed E-state index contributed by atoms with van der Waals surface area (Å²) in [6.07, 6.45) is -3.40. The van der Waals surface area contributed by atoms with E-state index in [1.54, 1.807) is 6.07 Å². The van der Waals surface area contributed by atoms with E-state index in [9.17, 15) is 13.6 Å². The highest BCUT2D eigenvalue weighted by molar-refractivity contribution is 5.70. The number of methoxy groups -OCH3 is 1. The fourth-order valence-electron chi connectivity index (χ4n) is 1.31. The number of carbonyl (C=O) groups is 1. The van der Waals surface area contributed by atoms with E-state index in [0.29, 0.717) is 0 Å². The fraction of sp³-hybridized carbons (Fsp3) is 0.300. The smallest absolute Gasteiger partial charge is 0.309 e. The summed E-state index contributed by atoms with van der Waals surface area (Å²) in [6, 6.07) is 2.52. The van der Waals surface area contributed by atoms with Crippen LogP contribution in [0.2, 0.25) is 0 Å². The zero-order chi connectivity index (χ0) is 13.0. The first-order valence-electron chi connectivity index (χ1n) is 4.47. The molecule has 0 aliphatic rings. The molecule has 1 rings (SSSR count). The van der Waals surface area contributed by atoms with Gasteiger partial charge in [-0.2, -0.15) is 5.26 Å². The molecule has 0 amide bonds. The maximum atomic E-state index is 12.7. The molecule has 1 heterocycles. The average Bonchev–Trinajstić information content (AvgIpc) is 2.26. The van der Waals surface area contributed by atoms with E-state index >= 15 is 0 Å². The lowest BCUT2D eigenvalue weighted by molar-refractivity contribution is -0.136. The van der Waals surface area contributed by atoms with Gasteiger partial charge >= 0.3 is 5.97 Å². The number of pyridine rings is 1. The van der Waals surface area contributed by atoms with Gasteiger partial charge in [0.05, 0.1) is 24.8 Å². The van der Waals surface area contributed by atoms with Crippen LogP contribution in [0.4, 0.5) is 8.78 Å². The van der Waals surface area contributed by atoms with Crippen LogP contribution in [0.15, 0.2) is 6.07 Å². The lowest BCUT2D eigenvalue weighted by Gasteiger charge is -2.10. The Hall–Kier alpha value is -2.23. The van der Waals surface area contributed by atoms with Gasteiger partial charge in [-0.25, -0.2) is 13.8 Å². The first-order chi connectivity index (χ1) is 7.99. The molecule has 90 valence electrons. The maximum Gasteiger partial charge on any atom is 0.309 e. The van der Waals surface area contributed by atoms with Crippen LogP contribution in [-0.4, -0.2) is 23.2 Å². The lowest BCUT2D eigenvalue weighted by Crippen LogP contribution is -2.07. The van der Waals surface area contributed by atoms with Crippen LogP contribution in [0.1, 0.15) is 23.4 Å². The molecule has 0 aromatic carbocycles. The minimum atomic E-state index is -2.87. The van der Waals surface area contributed by atoms with Crippen LogP contribution in [0.3, 0.4) is 0 Å². The summed E-state index contributed by atoms with van der Waals surface area (Å²) in [5, 5.41) is 17.3. The second-order valence-electron chi connectivity index (χ2n) is 3.07. The average molecular weight is 242 g/mol. The van der Waals surface area contributed by atoms with Gasteiger partial charge in [0, 0.05) is 0 Å². The van der Waals surface area contributed by atoms with Crippen LogP contribution in [-0.2, 0) is 11.2 Å². The third-order valence-corrected chi connectivity index (χ3v) is 1.93. The van der Waals surface area contributed by atoms with Gasteiger partial charge in [0.2, 0.25) is 0 Å². The minimum absolute atomic E-state index is 0.106. The summed E-state index contributed by atoms with van der Waals surface area (Å²) >= 11 is 0. The Morgan fingerprint density at radius 3 is 2.76 bits per heavy atom. The molecular weight excluding hydrogens is 234 g/mol. The molecule has 0 spiro atoms. The SMILES string of the molecule is COc1c(C(F)F)cc(CC(=O)O)nc1C#N. The first kappa shape index (κ1) is 12.8. The maximum absolute atomic E-state index is 12.7. The zero-order valence-electron chi connectivity index (χ0n) is 8.78. The van der Waals surface area contributed by atoms with Gasteiger partial charge < -0.3 is 9.84 Å². The molecule has 0 aliphatic heterocycles. The second-order valence-corrected chi connectivity index (χ2v) is 3.07. The molecule has 0 bridgehead atoms. The quantitative estimate of drug-likeness (QED) is 0.865. The number of halogens is 2. The molecule has 0 unspecified atom stereocenters. The molecule has 7 heteroatoms. The Kier molecular flexibility index (Phi) is 3.93. The van der Waals surface area contributed by atoms with Crippen LogP contribution >= 0.6 is 0 Å². The largest absolute Gasteiger partial charge is 0.493 e. The van der Waals surface area contributed by atoms with E-state index in [1.807, 2.05) is 0 Å². The number of hydrogen-bond acceptors (Lipinski definition) is 4. The van der Waals surface area contributed by atoms with Crippen LogP contribution in [0.5, 0.6) is 5.75 Å². The van der Waals surface area contributed by atoms with Crippen molar-refractivity contribution in [3.05, 3.63) is 23.0 Å². The Labute approximate surface area is 95.3 Å². The molecule has 0 saturated carbocycles. The molecule has 0 atom stereocenters. The Morgan fingerprint density at radius 2 is 2.35 bits per heavy atom. The van der Waals surface area contributed by atoms with Crippen LogP contribution < -0.4 is 4.74 Å². The molecule has 1 aromatic rings. The molecule has 5 nitrogen and oxygen atoms in total. The Balaban J connectivity index is 3.36. The fourth-order valence-corrected chi connectivity index (χ4v) is 1.31. The van der Waals surface area contributed by atoms with E-state index in [1.165, 1.54) is 0 Å². The highest BCUT2D eigenvalue weighted by Gasteiger charge is 2.20. The van der Waals surface area contributed by atoms with Crippen molar-refractivity contribution in [2.75, 3.05) is 7.11 Å². The van der Waals surface area contributed by atoms with Gasteiger partial charge in [-0.05, 0) is 6.07 Å². The van der Waals surface area contributed by atoms with E-state index < -0.39 is 24.4 Å². The van der Waals surface area contributed by atoms with E-state index in [0.717, 1.165) is 13.2 Å². The number of nitriles is 1. The minimum Gasteiger partial charge on any atom is -0.493 e. The van der Waals surface area contributed by atoms with Crippen molar-refractivity contribution in [3.63, 3.8) is 0 Å². The third-order valence-electron chi connectivity index (χ3n) is 1.93. The summed E-state index contributed by atoms with van der Waals surface area (Å²) in [5.41, 5.74) is -0.984. The highest BCUT2D eigenvalue weighted by atomic mass is 19.3. The number of alkyl halides is 2. The topological polar surface area (TPSA) is 83.2 Å². The predicted molar refractivity (Wildman–Crippen MR) is 51.8 cm³/mol. The first-order valence-corrected chi connectivity index (χ1v) is 4.47. The van der Waals surface area contributed by atoms with Gasteiger partial charge in [0.15, 0.2) is 11.4 Å². The molecule has 1 aromatic heterocycles. The summed E-state index contributed by atoms with van der Waals surface area (Å²) < 4.78 is 30.0. The van der Waals surface area contributed by atoms with Gasteiger partial charge in [0.25, 0.3) is 6.43 Å². The van der Waals surface area contributed by atoms with Gasteiger partial charge in [0.1, 0.15) is 6.07 Å². The van der Waals surface area contributed by atoms with E-state index in [2.05, 4.69) is 9.72 Å². The third kappa shape index (κ3) is 2.87. The normalized spacial score (nSPS) is 10.1. The predicted octanol–water partition coefficient (Wildman–Crippen LogP) is 1.53. The number of ether oxygens (including phenoxy) is 1. The number of aromatic nitrogens is 1. The van der Waals surface area contributed by atoms with Crippen LogP contribution in [0.25, 0.3) is 0 Å². The summed E-state index contributed by atoms with van der Waals surface area (Å²) in [5.74, 6) is -1.54. The second kappa shape index (κ2) is 5.21. The molecule has 17 heavy (non-hydrogen) atoms. The van der Waals surface area contributed by atoms with E-state index in [-0.39, 0.29) is 17.1 Å². The highest BCUT2D eigenvalue weighted by Crippen LogP contribution is 2.31. The summed E-state index contributed by atoms with van der Waals surface area (Å²) in [6.45, 7) is 0. The molecule has 0 saturated heterocycles. The molecular formula is C10H8F2N2O3. The van der Waals surface area contributed by atoms with Crippen LogP contribution in [0, 0.1) is 11.3 Å². The molecule has 1 N–H and O–H groups in total. The standard InChI is InChI=1S/C10H8F2N2O3/c1-17-9-6(10(11)12)2-5(3-8(15)16)14-7(9)4-13/h2,10H,3H2,1H3,(H,15,16). The molecule has 0 aliphatic carbocycles. The van der Waals surface area contributed by atoms with Gasteiger partial charge in [-0.3, -0.25) is 4.79 Å². The van der Waals surface area contributed by atoms with Crippen molar-refractivity contribution < 1.29 is 23.4 Å². The van der Waals surface area contributed by atoms with Crippen molar-refractivity contribution in [3.8, 4) is 11.8 Å². The van der Waals surface area contributed by atoms with Crippen molar-refractivity contribution >= 4 is 5.97 Å². The lowest BCUT2D eigenvalue weighted by atomic mass is 10.1. The van der Waals surface area contributed by atoms with Gasteiger partial charge in [-0.1, -0.05) is 0 Å². The Morgan fingerprint density at radius 1 is 1.71 bits per heavy atom. The summed E-state index contributed by atoms with van der Waals surface area (Å²) in [7, 11) is 1.14. The van der Waals surface area contributed by atoms with Crippen molar-refractivity contribution in [2.45, 2.75) is 12.8 Å². The monoisotopic (exact) mass is 242 g/mol. The Bertz CT molecular complexity index is 483. The van der Waals surface area contributed by atoms with Crippen molar-refractivity contribution in [2.24, 2.45) is 0 Å². The number of rotatable bonds is 4. The number of aliphatic carboxylic acids is 1. The van der Waals surface area contributed by atoms with Gasteiger partial charge in [-0.15, -0.1) is 0 Å². The number of nitrogens with zero attached hydrogens (tertiary/aromatic N) is 2. The number of carboxylic acids is 1. The zero-order valence-corrected chi connectivity index (χ0v) is 8.78. The number of hydrogen-bond donors (Lipinski definition) is 1. The van der Waals surface area contributed by atoms with Crippen molar-refractivity contribution in [1.82, 2.24) is 4.98 Å². The van der Waals surface area contributed by atoms with Crippen molar-refractivity contribution in [1.29, 1.82) is 5.26 Å². The number of carboxylic acid groups (broad SMARTS) is 1.